The molecule has 0 atom stereocenters. The van der Waals surface area contributed by atoms with Gasteiger partial charge in [0, 0.05) is 12.2 Å². The van der Waals surface area contributed by atoms with Crippen LogP contribution >= 0.6 is 0 Å². The molecule has 5 nitrogen and oxygen atoms in total. The van der Waals surface area contributed by atoms with Gasteiger partial charge in [-0.15, -0.1) is 0 Å². The number of rotatable bonds is 5. The highest BCUT2D eigenvalue weighted by atomic mass is 19.1. The monoisotopic (exact) mass is 302 g/mol. The Morgan fingerprint density at radius 2 is 1.86 bits per heavy atom. The van der Waals surface area contributed by atoms with Crippen LogP contribution in [0.2, 0.25) is 0 Å². The largest absolute Gasteiger partial charge is 0.478 e. The molecule has 0 unspecified atom stereocenters. The maximum atomic E-state index is 13.0. The first-order valence-corrected chi connectivity index (χ1v) is 6.67. The van der Waals surface area contributed by atoms with E-state index in [1.54, 1.807) is 24.3 Å². The number of halogens is 1. The van der Waals surface area contributed by atoms with Gasteiger partial charge in [-0.05, 0) is 42.3 Å². The summed E-state index contributed by atoms with van der Waals surface area (Å²) in [6, 6.07) is 11.7. The van der Waals surface area contributed by atoms with E-state index in [9.17, 15) is 14.0 Å². The van der Waals surface area contributed by atoms with E-state index < -0.39 is 12.0 Å². The first kappa shape index (κ1) is 15.5. The molecule has 0 bridgehead atoms. The topological polar surface area (TPSA) is 78.4 Å². The van der Waals surface area contributed by atoms with Crippen LogP contribution < -0.4 is 10.6 Å². The minimum absolute atomic E-state index is 0.0950. The molecule has 2 aromatic carbocycles. The fraction of sp³-hybridized carbons (Fsp3) is 0.125. The van der Waals surface area contributed by atoms with Crippen molar-refractivity contribution in [3.05, 3.63) is 65.5 Å². The van der Waals surface area contributed by atoms with E-state index in [0.717, 1.165) is 5.56 Å². The molecular weight excluding hydrogens is 287 g/mol. The van der Waals surface area contributed by atoms with Crippen molar-refractivity contribution in [1.29, 1.82) is 0 Å². The van der Waals surface area contributed by atoms with Crippen molar-refractivity contribution >= 4 is 17.7 Å². The van der Waals surface area contributed by atoms with Crippen LogP contribution in [0.1, 0.15) is 15.9 Å². The third-order valence-electron chi connectivity index (χ3n) is 2.96. The summed E-state index contributed by atoms with van der Waals surface area (Å²) in [5.41, 5.74) is 1.27. The molecule has 0 aliphatic rings. The normalized spacial score (nSPS) is 10.0. The predicted octanol–water partition coefficient (Wildman–Crippen LogP) is 2.89. The van der Waals surface area contributed by atoms with E-state index in [-0.39, 0.29) is 11.4 Å². The lowest BCUT2D eigenvalue weighted by Crippen LogP contribution is -2.30. The summed E-state index contributed by atoms with van der Waals surface area (Å²) in [5, 5.41) is 14.0. The fourth-order valence-electron chi connectivity index (χ4n) is 1.92. The standard InChI is InChI=1S/C16H15FN2O3/c17-13-5-1-3-11(9-13)7-8-18-16(22)19-14-6-2-4-12(10-14)15(20)21/h1-6,9-10H,7-8H2,(H,20,21)(H2,18,19,22). The second-order valence-electron chi connectivity index (χ2n) is 4.65. The van der Waals surface area contributed by atoms with Crippen molar-refractivity contribution < 1.29 is 19.1 Å². The van der Waals surface area contributed by atoms with Gasteiger partial charge >= 0.3 is 12.0 Å². The second kappa shape index (κ2) is 7.21. The van der Waals surface area contributed by atoms with Gasteiger partial charge in [0.15, 0.2) is 0 Å². The van der Waals surface area contributed by atoms with Crippen molar-refractivity contribution in [3.63, 3.8) is 0 Å². The summed E-state index contributed by atoms with van der Waals surface area (Å²) < 4.78 is 13.0. The van der Waals surface area contributed by atoms with Gasteiger partial charge in [0.1, 0.15) is 5.82 Å². The molecule has 0 aliphatic carbocycles. The molecule has 114 valence electrons. The Balaban J connectivity index is 1.83. The molecule has 6 heteroatoms. The molecule has 0 spiro atoms. The van der Waals surface area contributed by atoms with E-state index in [1.165, 1.54) is 24.3 Å². The molecular formula is C16H15FN2O3. The van der Waals surface area contributed by atoms with Crippen LogP contribution in [0.5, 0.6) is 0 Å². The second-order valence-corrected chi connectivity index (χ2v) is 4.65. The molecule has 3 N–H and O–H groups in total. The van der Waals surface area contributed by atoms with Crippen molar-refractivity contribution in [2.75, 3.05) is 11.9 Å². The molecule has 2 aromatic rings. The van der Waals surface area contributed by atoms with Gasteiger partial charge in [-0.25, -0.2) is 14.0 Å². The maximum absolute atomic E-state index is 13.0. The van der Waals surface area contributed by atoms with Gasteiger partial charge in [-0.1, -0.05) is 18.2 Å². The Bertz CT molecular complexity index is 689. The number of anilines is 1. The third kappa shape index (κ3) is 4.59. The van der Waals surface area contributed by atoms with E-state index in [2.05, 4.69) is 10.6 Å². The van der Waals surface area contributed by atoms with Gasteiger partial charge in [0.05, 0.1) is 5.56 Å². The van der Waals surface area contributed by atoms with Crippen LogP contribution in [-0.4, -0.2) is 23.7 Å². The molecule has 0 radical (unpaired) electrons. The van der Waals surface area contributed by atoms with Gasteiger partial charge in [-0.2, -0.15) is 0 Å². The smallest absolute Gasteiger partial charge is 0.335 e. The molecule has 0 saturated carbocycles. The van der Waals surface area contributed by atoms with Crippen LogP contribution in [-0.2, 0) is 6.42 Å². The first-order valence-electron chi connectivity index (χ1n) is 6.67. The molecule has 0 fully saturated rings. The average Bonchev–Trinajstić information content (AvgIpc) is 2.47. The van der Waals surface area contributed by atoms with E-state index in [0.29, 0.717) is 18.7 Å². The Kier molecular flexibility index (Phi) is 5.08. The summed E-state index contributed by atoms with van der Waals surface area (Å²) in [7, 11) is 0. The summed E-state index contributed by atoms with van der Waals surface area (Å²) in [6.07, 6.45) is 0.500. The van der Waals surface area contributed by atoms with Gasteiger partial charge in [-0.3, -0.25) is 0 Å². The number of carboxylic acid groups (broad SMARTS) is 1. The minimum atomic E-state index is -1.06. The number of hydrogen-bond acceptors (Lipinski definition) is 2. The highest BCUT2D eigenvalue weighted by Crippen LogP contribution is 2.10. The van der Waals surface area contributed by atoms with Crippen LogP contribution in [0.25, 0.3) is 0 Å². The lowest BCUT2D eigenvalue weighted by molar-refractivity contribution is 0.0697. The summed E-state index contributed by atoms with van der Waals surface area (Å²) in [4.78, 5) is 22.5. The lowest BCUT2D eigenvalue weighted by atomic mass is 10.1. The zero-order valence-corrected chi connectivity index (χ0v) is 11.7. The highest BCUT2D eigenvalue weighted by molar-refractivity contribution is 5.93. The zero-order valence-electron chi connectivity index (χ0n) is 11.7. The predicted molar refractivity (Wildman–Crippen MR) is 80.5 cm³/mol. The van der Waals surface area contributed by atoms with E-state index in [4.69, 9.17) is 5.11 Å². The first-order chi connectivity index (χ1) is 10.5. The number of benzene rings is 2. The number of aromatic carboxylic acids is 1. The highest BCUT2D eigenvalue weighted by Gasteiger charge is 2.06. The minimum Gasteiger partial charge on any atom is -0.478 e. The average molecular weight is 302 g/mol. The van der Waals surface area contributed by atoms with Crippen LogP contribution in [0.4, 0.5) is 14.9 Å². The third-order valence-corrected chi connectivity index (χ3v) is 2.96. The van der Waals surface area contributed by atoms with Crippen LogP contribution in [0.15, 0.2) is 48.5 Å². The van der Waals surface area contributed by atoms with Crippen molar-refractivity contribution in [1.82, 2.24) is 5.32 Å². The number of carboxylic acids is 1. The number of hydrogen-bond donors (Lipinski definition) is 3. The Labute approximate surface area is 126 Å². The quantitative estimate of drug-likeness (QED) is 0.794. The van der Waals surface area contributed by atoms with Crippen molar-refractivity contribution in [3.8, 4) is 0 Å². The molecule has 0 heterocycles. The van der Waals surface area contributed by atoms with Crippen molar-refractivity contribution in [2.24, 2.45) is 0 Å². The molecule has 0 saturated heterocycles. The summed E-state index contributed by atoms with van der Waals surface area (Å²) in [5.74, 6) is -1.37. The fourth-order valence-corrected chi connectivity index (χ4v) is 1.92. The summed E-state index contributed by atoms with van der Waals surface area (Å²) in [6.45, 7) is 0.341. The number of nitrogens with one attached hydrogen (secondary N) is 2. The van der Waals surface area contributed by atoms with E-state index in [1.807, 2.05) is 0 Å². The van der Waals surface area contributed by atoms with Crippen LogP contribution in [0, 0.1) is 5.82 Å². The molecule has 2 amide bonds. The Morgan fingerprint density at radius 1 is 1.09 bits per heavy atom. The van der Waals surface area contributed by atoms with Crippen molar-refractivity contribution in [2.45, 2.75) is 6.42 Å². The lowest BCUT2D eigenvalue weighted by Gasteiger charge is -2.08. The molecule has 0 aromatic heterocycles. The number of carbonyl (C=O) groups is 2. The Hall–Kier alpha value is -2.89. The van der Waals surface area contributed by atoms with E-state index >= 15 is 0 Å². The number of urea groups is 1. The SMILES string of the molecule is O=C(NCCc1cccc(F)c1)Nc1cccc(C(=O)O)c1. The number of carbonyl (C=O) groups excluding carboxylic acids is 1. The summed E-state index contributed by atoms with van der Waals surface area (Å²) >= 11 is 0. The maximum Gasteiger partial charge on any atom is 0.335 e. The number of amides is 2. The van der Waals surface area contributed by atoms with Gasteiger partial charge in [0.25, 0.3) is 0 Å². The molecule has 2 rings (SSSR count). The van der Waals surface area contributed by atoms with Gasteiger partial charge < -0.3 is 15.7 Å². The van der Waals surface area contributed by atoms with Crippen LogP contribution in [0.3, 0.4) is 0 Å². The molecule has 0 aliphatic heterocycles. The van der Waals surface area contributed by atoms with Gasteiger partial charge in [0.2, 0.25) is 0 Å². The zero-order chi connectivity index (χ0) is 15.9. The molecule has 22 heavy (non-hydrogen) atoms. The Morgan fingerprint density at radius 3 is 2.59 bits per heavy atom.